The van der Waals surface area contributed by atoms with Crippen molar-refractivity contribution < 1.29 is 14.3 Å². The van der Waals surface area contributed by atoms with E-state index in [0.29, 0.717) is 25.3 Å². The Morgan fingerprint density at radius 3 is 2.39 bits per heavy atom. The van der Waals surface area contributed by atoms with Crippen molar-refractivity contribution in [3.05, 3.63) is 59.7 Å². The van der Waals surface area contributed by atoms with Crippen molar-refractivity contribution in [1.82, 2.24) is 5.32 Å². The SMILES string of the molecule is COCCOc1ccc(C(=O)NCCc2ccc(N)cc2)cc1. The molecule has 2 rings (SSSR count). The summed E-state index contributed by atoms with van der Waals surface area (Å²) < 4.78 is 10.4. The van der Waals surface area contributed by atoms with E-state index in [2.05, 4.69) is 5.32 Å². The lowest BCUT2D eigenvalue weighted by atomic mass is 10.1. The molecule has 0 radical (unpaired) electrons. The summed E-state index contributed by atoms with van der Waals surface area (Å²) >= 11 is 0. The van der Waals surface area contributed by atoms with Gasteiger partial charge in [-0.05, 0) is 48.4 Å². The van der Waals surface area contributed by atoms with E-state index in [1.807, 2.05) is 24.3 Å². The lowest BCUT2D eigenvalue weighted by Crippen LogP contribution is -2.25. The third kappa shape index (κ3) is 5.64. The fourth-order valence-corrected chi connectivity index (χ4v) is 2.05. The summed E-state index contributed by atoms with van der Waals surface area (Å²) in [5.41, 5.74) is 8.14. The number of ether oxygens (including phenoxy) is 2. The van der Waals surface area contributed by atoms with Crippen molar-refractivity contribution >= 4 is 11.6 Å². The van der Waals surface area contributed by atoms with Crippen molar-refractivity contribution in [2.24, 2.45) is 0 Å². The van der Waals surface area contributed by atoms with Gasteiger partial charge in [0.1, 0.15) is 12.4 Å². The fraction of sp³-hybridized carbons (Fsp3) is 0.278. The molecule has 0 spiro atoms. The summed E-state index contributed by atoms with van der Waals surface area (Å²) in [6.45, 7) is 1.60. The Labute approximate surface area is 136 Å². The van der Waals surface area contributed by atoms with Crippen molar-refractivity contribution in [2.75, 3.05) is 32.6 Å². The third-order valence-electron chi connectivity index (χ3n) is 3.35. The second-order valence-electron chi connectivity index (χ2n) is 5.11. The first-order chi connectivity index (χ1) is 11.2. The van der Waals surface area contributed by atoms with Crippen molar-refractivity contribution in [1.29, 1.82) is 0 Å². The molecule has 122 valence electrons. The molecular formula is C18H22N2O3. The molecular weight excluding hydrogens is 292 g/mol. The molecule has 0 aliphatic heterocycles. The van der Waals surface area contributed by atoms with Crippen LogP contribution in [0.5, 0.6) is 5.75 Å². The van der Waals surface area contributed by atoms with Crippen LogP contribution in [0.4, 0.5) is 5.69 Å². The molecule has 0 bridgehead atoms. The number of carbonyl (C=O) groups excluding carboxylic acids is 1. The van der Waals surface area contributed by atoms with E-state index in [9.17, 15) is 4.79 Å². The number of nitrogen functional groups attached to an aromatic ring is 1. The van der Waals surface area contributed by atoms with E-state index >= 15 is 0 Å². The van der Waals surface area contributed by atoms with Crippen LogP contribution >= 0.6 is 0 Å². The average molecular weight is 314 g/mol. The molecule has 5 heteroatoms. The molecule has 0 atom stereocenters. The summed E-state index contributed by atoms with van der Waals surface area (Å²) in [5.74, 6) is 0.629. The van der Waals surface area contributed by atoms with Crippen LogP contribution in [0.3, 0.4) is 0 Å². The lowest BCUT2D eigenvalue weighted by Gasteiger charge is -2.08. The fourth-order valence-electron chi connectivity index (χ4n) is 2.05. The zero-order chi connectivity index (χ0) is 16.5. The maximum absolute atomic E-state index is 12.1. The average Bonchev–Trinajstić information content (AvgIpc) is 2.57. The number of nitrogens with one attached hydrogen (secondary N) is 1. The van der Waals surface area contributed by atoms with Crippen LogP contribution in [0.15, 0.2) is 48.5 Å². The Balaban J connectivity index is 1.77. The minimum Gasteiger partial charge on any atom is -0.491 e. The van der Waals surface area contributed by atoms with Crippen LogP contribution in [0.1, 0.15) is 15.9 Å². The van der Waals surface area contributed by atoms with E-state index in [0.717, 1.165) is 23.4 Å². The molecule has 0 unspecified atom stereocenters. The number of anilines is 1. The second kappa shape index (κ2) is 8.80. The Kier molecular flexibility index (Phi) is 6.44. The summed E-state index contributed by atoms with van der Waals surface area (Å²) in [4.78, 5) is 12.1. The molecule has 0 saturated heterocycles. The van der Waals surface area contributed by atoms with Crippen LogP contribution in [-0.2, 0) is 11.2 Å². The van der Waals surface area contributed by atoms with Gasteiger partial charge in [-0.3, -0.25) is 4.79 Å². The number of methoxy groups -OCH3 is 1. The van der Waals surface area contributed by atoms with Gasteiger partial charge in [-0.15, -0.1) is 0 Å². The van der Waals surface area contributed by atoms with E-state index in [-0.39, 0.29) is 5.91 Å². The summed E-state index contributed by atoms with van der Waals surface area (Å²) in [5, 5.41) is 2.90. The molecule has 1 amide bonds. The highest BCUT2D eigenvalue weighted by Gasteiger charge is 2.05. The topological polar surface area (TPSA) is 73.6 Å². The van der Waals surface area contributed by atoms with Gasteiger partial charge in [-0.1, -0.05) is 12.1 Å². The van der Waals surface area contributed by atoms with Gasteiger partial charge < -0.3 is 20.5 Å². The first-order valence-electron chi connectivity index (χ1n) is 7.53. The molecule has 5 nitrogen and oxygen atoms in total. The van der Waals surface area contributed by atoms with Gasteiger partial charge in [0.15, 0.2) is 0 Å². The summed E-state index contributed by atoms with van der Waals surface area (Å²) in [7, 11) is 1.63. The number of hydrogen-bond donors (Lipinski definition) is 2. The monoisotopic (exact) mass is 314 g/mol. The summed E-state index contributed by atoms with van der Waals surface area (Å²) in [6, 6.07) is 14.7. The zero-order valence-electron chi connectivity index (χ0n) is 13.2. The van der Waals surface area contributed by atoms with Crippen LogP contribution < -0.4 is 15.8 Å². The molecule has 0 aliphatic rings. The number of hydrogen-bond acceptors (Lipinski definition) is 4. The van der Waals surface area contributed by atoms with Gasteiger partial charge in [0, 0.05) is 24.9 Å². The molecule has 0 heterocycles. The highest BCUT2D eigenvalue weighted by atomic mass is 16.5. The van der Waals surface area contributed by atoms with Gasteiger partial charge >= 0.3 is 0 Å². The van der Waals surface area contributed by atoms with Crippen molar-refractivity contribution in [2.45, 2.75) is 6.42 Å². The minimum atomic E-state index is -0.0936. The van der Waals surface area contributed by atoms with Crippen LogP contribution in [0.25, 0.3) is 0 Å². The van der Waals surface area contributed by atoms with Crippen molar-refractivity contribution in [3.8, 4) is 5.75 Å². The first-order valence-corrected chi connectivity index (χ1v) is 7.53. The molecule has 3 N–H and O–H groups in total. The van der Waals surface area contributed by atoms with Gasteiger partial charge in [0.2, 0.25) is 0 Å². The second-order valence-corrected chi connectivity index (χ2v) is 5.11. The number of benzene rings is 2. The molecule has 0 aromatic heterocycles. The zero-order valence-corrected chi connectivity index (χ0v) is 13.2. The molecule has 0 fully saturated rings. The smallest absolute Gasteiger partial charge is 0.251 e. The normalized spacial score (nSPS) is 10.3. The first kappa shape index (κ1) is 16.8. The van der Waals surface area contributed by atoms with Crippen LogP contribution in [0, 0.1) is 0 Å². The van der Waals surface area contributed by atoms with E-state index in [1.165, 1.54) is 0 Å². The van der Waals surface area contributed by atoms with Crippen LogP contribution in [0.2, 0.25) is 0 Å². The predicted octanol–water partition coefficient (Wildman–Crippen LogP) is 2.27. The highest BCUT2D eigenvalue weighted by Crippen LogP contribution is 2.12. The van der Waals surface area contributed by atoms with Gasteiger partial charge in [0.05, 0.1) is 6.61 Å². The lowest BCUT2D eigenvalue weighted by molar-refractivity contribution is 0.0954. The Morgan fingerprint density at radius 2 is 1.74 bits per heavy atom. The van der Waals surface area contributed by atoms with E-state index in [1.54, 1.807) is 31.4 Å². The molecule has 2 aromatic rings. The van der Waals surface area contributed by atoms with Gasteiger partial charge in [-0.25, -0.2) is 0 Å². The van der Waals surface area contributed by atoms with Crippen molar-refractivity contribution in [3.63, 3.8) is 0 Å². The maximum Gasteiger partial charge on any atom is 0.251 e. The number of nitrogens with two attached hydrogens (primary N) is 1. The largest absolute Gasteiger partial charge is 0.491 e. The standard InChI is InChI=1S/C18H22N2O3/c1-22-12-13-23-17-8-4-15(5-9-17)18(21)20-11-10-14-2-6-16(19)7-3-14/h2-9H,10-13,19H2,1H3,(H,20,21). The predicted molar refractivity (Wildman–Crippen MR) is 90.7 cm³/mol. The Bertz CT molecular complexity index is 609. The number of carbonyl (C=O) groups is 1. The molecule has 2 aromatic carbocycles. The molecule has 23 heavy (non-hydrogen) atoms. The Morgan fingerprint density at radius 1 is 1.04 bits per heavy atom. The highest BCUT2D eigenvalue weighted by molar-refractivity contribution is 5.94. The number of rotatable bonds is 8. The Hall–Kier alpha value is -2.53. The minimum absolute atomic E-state index is 0.0936. The quantitative estimate of drug-likeness (QED) is 0.579. The van der Waals surface area contributed by atoms with Gasteiger partial charge in [0.25, 0.3) is 5.91 Å². The van der Waals surface area contributed by atoms with E-state index in [4.69, 9.17) is 15.2 Å². The molecule has 0 aliphatic carbocycles. The molecule has 0 saturated carbocycles. The maximum atomic E-state index is 12.1. The third-order valence-corrected chi connectivity index (χ3v) is 3.35. The van der Waals surface area contributed by atoms with E-state index < -0.39 is 0 Å². The number of amides is 1. The van der Waals surface area contributed by atoms with Gasteiger partial charge in [-0.2, -0.15) is 0 Å². The summed E-state index contributed by atoms with van der Waals surface area (Å²) in [6.07, 6.45) is 0.768. The van der Waals surface area contributed by atoms with Crippen LogP contribution in [-0.4, -0.2) is 32.8 Å².